The van der Waals surface area contributed by atoms with Crippen molar-refractivity contribution in [2.75, 3.05) is 13.1 Å². The number of thiazole rings is 1. The molecule has 1 aliphatic heterocycles. The Morgan fingerprint density at radius 3 is 2.56 bits per heavy atom. The van der Waals surface area contributed by atoms with Gasteiger partial charge in [-0.3, -0.25) is 9.88 Å². The Balaban J connectivity index is 1.56. The molecule has 0 unspecified atom stereocenters. The van der Waals surface area contributed by atoms with Gasteiger partial charge in [0, 0.05) is 29.5 Å². The standard InChI is InChI=1S/C11H14F2N2S/c12-11(13)7-10(11)1-3-15(4-2-10)6-9-5-14-8-16-9/h5,8H,1-4,6-7H2. The van der Waals surface area contributed by atoms with Crippen molar-refractivity contribution in [3.8, 4) is 0 Å². The normalized spacial score (nSPS) is 27.1. The first-order chi connectivity index (χ1) is 7.61. The number of alkyl halides is 2. The Morgan fingerprint density at radius 2 is 2.06 bits per heavy atom. The summed E-state index contributed by atoms with van der Waals surface area (Å²) in [6, 6.07) is 0. The molecule has 0 amide bonds. The van der Waals surface area contributed by atoms with Crippen LogP contribution in [0.1, 0.15) is 24.1 Å². The molecule has 1 aliphatic carbocycles. The highest BCUT2D eigenvalue weighted by atomic mass is 32.1. The number of hydrogen-bond donors (Lipinski definition) is 0. The van der Waals surface area contributed by atoms with Crippen LogP contribution in [-0.2, 0) is 6.54 Å². The van der Waals surface area contributed by atoms with Gasteiger partial charge in [0.05, 0.1) is 5.51 Å². The summed E-state index contributed by atoms with van der Waals surface area (Å²) < 4.78 is 26.3. The molecule has 88 valence electrons. The molecule has 5 heteroatoms. The van der Waals surface area contributed by atoms with E-state index in [-0.39, 0.29) is 6.42 Å². The molecule has 1 aromatic heterocycles. The Morgan fingerprint density at radius 1 is 1.38 bits per heavy atom. The molecule has 1 aromatic rings. The predicted octanol–water partition coefficient (Wildman–Crippen LogP) is 2.76. The van der Waals surface area contributed by atoms with Gasteiger partial charge in [0.1, 0.15) is 0 Å². The molecular formula is C11H14F2N2S. The van der Waals surface area contributed by atoms with Crippen LogP contribution in [-0.4, -0.2) is 28.9 Å². The van der Waals surface area contributed by atoms with Crippen molar-refractivity contribution < 1.29 is 8.78 Å². The number of halogens is 2. The smallest absolute Gasteiger partial charge is 0.254 e. The third-order valence-corrected chi connectivity index (χ3v) is 4.65. The zero-order valence-electron chi connectivity index (χ0n) is 8.96. The third kappa shape index (κ3) is 1.66. The maximum absolute atomic E-state index is 13.2. The SMILES string of the molecule is FC1(F)CC12CCN(Cc1cncs1)CC2. The van der Waals surface area contributed by atoms with E-state index in [2.05, 4.69) is 9.88 Å². The minimum atomic E-state index is -2.37. The van der Waals surface area contributed by atoms with E-state index in [0.717, 1.165) is 19.6 Å². The summed E-state index contributed by atoms with van der Waals surface area (Å²) in [6.45, 7) is 2.47. The predicted molar refractivity (Wildman–Crippen MR) is 58.6 cm³/mol. The molecule has 1 saturated carbocycles. The van der Waals surface area contributed by atoms with Crippen LogP contribution in [0.4, 0.5) is 8.78 Å². The van der Waals surface area contributed by atoms with Crippen molar-refractivity contribution in [3.63, 3.8) is 0 Å². The first kappa shape index (κ1) is 10.6. The minimum Gasteiger partial charge on any atom is -0.298 e. The van der Waals surface area contributed by atoms with Gasteiger partial charge >= 0.3 is 0 Å². The fourth-order valence-electron chi connectivity index (χ4n) is 2.60. The molecule has 1 saturated heterocycles. The molecule has 3 rings (SSSR count). The first-order valence-electron chi connectivity index (χ1n) is 5.59. The van der Waals surface area contributed by atoms with Crippen LogP contribution >= 0.6 is 11.3 Å². The summed E-state index contributed by atoms with van der Waals surface area (Å²) in [7, 11) is 0. The Hall–Kier alpha value is -0.550. The molecule has 0 radical (unpaired) electrons. The van der Waals surface area contributed by atoms with E-state index in [1.54, 1.807) is 11.3 Å². The zero-order valence-corrected chi connectivity index (χ0v) is 9.77. The van der Waals surface area contributed by atoms with E-state index in [4.69, 9.17) is 0 Å². The molecule has 1 spiro atoms. The fourth-order valence-corrected chi connectivity index (χ4v) is 3.24. The van der Waals surface area contributed by atoms with Crippen molar-refractivity contribution in [1.29, 1.82) is 0 Å². The second-order valence-corrected chi connectivity index (χ2v) is 5.88. The van der Waals surface area contributed by atoms with Crippen molar-refractivity contribution in [2.45, 2.75) is 31.7 Å². The molecule has 2 heterocycles. The number of hydrogen-bond acceptors (Lipinski definition) is 3. The summed E-state index contributed by atoms with van der Waals surface area (Å²) in [5, 5.41) is 0. The maximum atomic E-state index is 13.2. The molecular weight excluding hydrogens is 230 g/mol. The molecule has 0 atom stereocenters. The van der Waals surface area contributed by atoms with E-state index in [9.17, 15) is 8.78 Å². The molecule has 0 aromatic carbocycles. The van der Waals surface area contributed by atoms with Gasteiger partial charge < -0.3 is 0 Å². The molecule has 2 nitrogen and oxygen atoms in total. The summed E-state index contributed by atoms with van der Waals surface area (Å²) >= 11 is 1.63. The lowest BCUT2D eigenvalue weighted by Crippen LogP contribution is -2.35. The van der Waals surface area contributed by atoms with Gasteiger partial charge in [0.15, 0.2) is 0 Å². The summed E-state index contributed by atoms with van der Waals surface area (Å²) in [5.74, 6) is -2.37. The maximum Gasteiger partial charge on any atom is 0.254 e. The van der Waals surface area contributed by atoms with Crippen LogP contribution in [0.25, 0.3) is 0 Å². The summed E-state index contributed by atoms with van der Waals surface area (Å²) in [4.78, 5) is 7.50. The largest absolute Gasteiger partial charge is 0.298 e. The molecule has 16 heavy (non-hydrogen) atoms. The highest BCUT2D eigenvalue weighted by molar-refractivity contribution is 7.09. The van der Waals surface area contributed by atoms with Gasteiger partial charge in [-0.25, -0.2) is 8.78 Å². The average molecular weight is 244 g/mol. The van der Waals surface area contributed by atoms with Crippen molar-refractivity contribution in [2.24, 2.45) is 5.41 Å². The summed E-state index contributed by atoms with van der Waals surface area (Å²) in [5.41, 5.74) is 1.19. The molecule has 0 N–H and O–H groups in total. The number of rotatable bonds is 2. The lowest BCUT2D eigenvalue weighted by Gasteiger charge is -2.31. The Kier molecular flexibility index (Phi) is 2.30. The van der Waals surface area contributed by atoms with Crippen molar-refractivity contribution in [3.05, 3.63) is 16.6 Å². The van der Waals surface area contributed by atoms with Crippen LogP contribution in [0.3, 0.4) is 0 Å². The van der Waals surface area contributed by atoms with Crippen molar-refractivity contribution in [1.82, 2.24) is 9.88 Å². The van der Waals surface area contributed by atoms with Gasteiger partial charge in [-0.15, -0.1) is 11.3 Å². The Labute approximate surface area is 97.3 Å². The monoisotopic (exact) mass is 244 g/mol. The molecule has 2 aliphatic rings. The number of nitrogens with zero attached hydrogens (tertiary/aromatic N) is 2. The van der Waals surface area contributed by atoms with E-state index in [1.807, 2.05) is 11.7 Å². The van der Waals surface area contributed by atoms with Crippen LogP contribution in [0.15, 0.2) is 11.7 Å². The van der Waals surface area contributed by atoms with Crippen LogP contribution in [0.5, 0.6) is 0 Å². The second kappa shape index (κ2) is 3.47. The number of aromatic nitrogens is 1. The minimum absolute atomic E-state index is 0.119. The lowest BCUT2D eigenvalue weighted by atomic mass is 9.93. The van der Waals surface area contributed by atoms with Gasteiger partial charge in [-0.2, -0.15) is 0 Å². The molecule has 0 bridgehead atoms. The first-order valence-corrected chi connectivity index (χ1v) is 6.47. The third-order valence-electron chi connectivity index (χ3n) is 3.89. The van der Waals surface area contributed by atoms with Gasteiger partial charge in [0.2, 0.25) is 0 Å². The summed E-state index contributed by atoms with van der Waals surface area (Å²) in [6.07, 6.45) is 3.28. The van der Waals surface area contributed by atoms with Gasteiger partial charge in [-0.05, 0) is 25.9 Å². The fraction of sp³-hybridized carbons (Fsp3) is 0.727. The second-order valence-electron chi connectivity index (χ2n) is 4.91. The van der Waals surface area contributed by atoms with Crippen LogP contribution in [0.2, 0.25) is 0 Å². The van der Waals surface area contributed by atoms with Crippen molar-refractivity contribution >= 4 is 11.3 Å². The van der Waals surface area contributed by atoms with E-state index < -0.39 is 11.3 Å². The van der Waals surface area contributed by atoms with Crippen LogP contribution < -0.4 is 0 Å². The van der Waals surface area contributed by atoms with E-state index >= 15 is 0 Å². The Bertz CT molecular complexity index is 369. The quantitative estimate of drug-likeness (QED) is 0.795. The van der Waals surface area contributed by atoms with E-state index in [0.29, 0.717) is 12.8 Å². The molecule has 2 fully saturated rings. The topological polar surface area (TPSA) is 16.1 Å². The highest BCUT2D eigenvalue weighted by Crippen LogP contribution is 2.65. The average Bonchev–Trinajstić information content (AvgIpc) is 2.67. The zero-order chi connectivity index (χ0) is 11.2. The van der Waals surface area contributed by atoms with Gasteiger partial charge in [0.25, 0.3) is 5.92 Å². The van der Waals surface area contributed by atoms with E-state index in [1.165, 1.54) is 4.88 Å². The number of likely N-dealkylation sites (tertiary alicyclic amines) is 1. The highest BCUT2D eigenvalue weighted by Gasteiger charge is 2.70. The number of piperidine rings is 1. The van der Waals surface area contributed by atoms with Gasteiger partial charge in [-0.1, -0.05) is 0 Å². The van der Waals surface area contributed by atoms with Crippen LogP contribution in [0, 0.1) is 5.41 Å². The lowest BCUT2D eigenvalue weighted by molar-refractivity contribution is 0.0301.